The Morgan fingerprint density at radius 3 is 2.32 bits per heavy atom. The monoisotopic (exact) mass is 283 g/mol. The molecule has 106 valence electrons. The third-order valence-electron chi connectivity index (χ3n) is 3.76. The number of rotatable bonds is 4. The van der Waals surface area contributed by atoms with Crippen molar-refractivity contribution in [2.75, 3.05) is 19.6 Å². The van der Waals surface area contributed by atoms with Crippen molar-refractivity contribution in [3.05, 3.63) is 35.4 Å². The number of carbonyl (C=O) groups is 1. The summed E-state index contributed by atoms with van der Waals surface area (Å²) < 4.78 is 0. The smallest absolute Gasteiger partial charge is 0.335 e. The summed E-state index contributed by atoms with van der Waals surface area (Å²) in [4.78, 5) is 13.3. The van der Waals surface area contributed by atoms with Gasteiger partial charge in [0.1, 0.15) is 0 Å². The highest BCUT2D eigenvalue weighted by Crippen LogP contribution is 2.28. The van der Waals surface area contributed by atoms with Gasteiger partial charge in [-0.05, 0) is 62.5 Å². The molecule has 1 fully saturated rings. The Bertz CT molecular complexity index is 397. The first-order chi connectivity index (χ1) is 8.70. The first-order valence-corrected chi connectivity index (χ1v) is 6.76. The van der Waals surface area contributed by atoms with Crippen molar-refractivity contribution in [3.63, 3.8) is 0 Å². The maximum Gasteiger partial charge on any atom is 0.335 e. The van der Waals surface area contributed by atoms with Gasteiger partial charge in [-0.1, -0.05) is 19.1 Å². The second kappa shape index (κ2) is 7.51. The summed E-state index contributed by atoms with van der Waals surface area (Å²) >= 11 is 0. The predicted octanol–water partition coefficient (Wildman–Crippen LogP) is 3.40. The van der Waals surface area contributed by atoms with E-state index in [0.29, 0.717) is 11.5 Å². The van der Waals surface area contributed by atoms with Crippen molar-refractivity contribution >= 4 is 18.4 Å². The van der Waals surface area contributed by atoms with Gasteiger partial charge >= 0.3 is 5.97 Å². The number of benzene rings is 1. The van der Waals surface area contributed by atoms with Crippen LogP contribution in [0.4, 0.5) is 0 Å². The van der Waals surface area contributed by atoms with Crippen LogP contribution >= 0.6 is 12.4 Å². The molecule has 4 heteroatoms. The topological polar surface area (TPSA) is 40.5 Å². The van der Waals surface area contributed by atoms with E-state index in [1.165, 1.54) is 44.5 Å². The Morgan fingerprint density at radius 1 is 1.26 bits per heavy atom. The molecule has 0 radical (unpaired) electrons. The van der Waals surface area contributed by atoms with E-state index < -0.39 is 5.97 Å². The average molecular weight is 284 g/mol. The molecule has 2 rings (SSSR count). The molecular weight excluding hydrogens is 262 g/mol. The summed E-state index contributed by atoms with van der Waals surface area (Å²) in [5.74, 6) is -0.250. The van der Waals surface area contributed by atoms with Crippen LogP contribution in [0.2, 0.25) is 0 Å². The Balaban J connectivity index is 0.00000180. The highest BCUT2D eigenvalue weighted by molar-refractivity contribution is 5.87. The summed E-state index contributed by atoms with van der Waals surface area (Å²) in [7, 11) is 0. The van der Waals surface area contributed by atoms with Crippen LogP contribution in [0.15, 0.2) is 24.3 Å². The summed E-state index contributed by atoms with van der Waals surface area (Å²) in [6, 6.07) is 7.39. The summed E-state index contributed by atoms with van der Waals surface area (Å²) in [5.41, 5.74) is 1.67. The fraction of sp³-hybridized carbons (Fsp3) is 0.533. The molecule has 0 spiro atoms. The van der Waals surface area contributed by atoms with Gasteiger partial charge < -0.3 is 10.0 Å². The first-order valence-electron chi connectivity index (χ1n) is 6.76. The summed E-state index contributed by atoms with van der Waals surface area (Å²) in [6.07, 6.45) is 3.59. The Labute approximate surface area is 121 Å². The molecule has 0 atom stereocenters. The number of carboxylic acids is 1. The van der Waals surface area contributed by atoms with Gasteiger partial charge in [-0.15, -0.1) is 12.4 Å². The van der Waals surface area contributed by atoms with E-state index in [9.17, 15) is 4.79 Å². The van der Waals surface area contributed by atoms with Crippen LogP contribution < -0.4 is 0 Å². The molecule has 1 heterocycles. The van der Waals surface area contributed by atoms with Crippen molar-refractivity contribution in [1.29, 1.82) is 0 Å². The molecule has 1 saturated heterocycles. The summed E-state index contributed by atoms with van der Waals surface area (Å²) in [5, 5.41) is 8.87. The largest absolute Gasteiger partial charge is 0.478 e. The second-order valence-electron chi connectivity index (χ2n) is 5.04. The lowest BCUT2D eigenvalue weighted by Gasteiger charge is -2.31. The quantitative estimate of drug-likeness (QED) is 0.921. The molecule has 0 aromatic heterocycles. The van der Waals surface area contributed by atoms with Crippen LogP contribution in [0, 0.1) is 0 Å². The number of carboxylic acid groups (broad SMARTS) is 1. The van der Waals surface area contributed by atoms with Crippen LogP contribution in [0.3, 0.4) is 0 Å². The van der Waals surface area contributed by atoms with Gasteiger partial charge in [-0.2, -0.15) is 0 Å². The first kappa shape index (κ1) is 16.0. The minimum absolute atomic E-state index is 0. The van der Waals surface area contributed by atoms with E-state index in [2.05, 4.69) is 11.8 Å². The zero-order valence-electron chi connectivity index (χ0n) is 11.3. The van der Waals surface area contributed by atoms with Crippen molar-refractivity contribution in [3.8, 4) is 0 Å². The Morgan fingerprint density at radius 2 is 1.84 bits per heavy atom. The molecular formula is C15H22ClNO2. The lowest BCUT2D eigenvalue weighted by molar-refractivity contribution is 0.0697. The molecule has 1 aromatic carbocycles. The van der Waals surface area contributed by atoms with Crippen LogP contribution in [0.1, 0.15) is 48.0 Å². The standard InChI is InChI=1S/C15H21NO2.ClH/c1-2-9-16-10-7-13(8-11-16)12-3-5-14(6-4-12)15(17)18;/h3-6,13H,2,7-11H2,1H3,(H,17,18);1H. The van der Waals surface area contributed by atoms with Gasteiger partial charge in [-0.3, -0.25) is 0 Å². The maximum atomic E-state index is 10.8. The minimum atomic E-state index is -0.848. The van der Waals surface area contributed by atoms with Crippen molar-refractivity contribution in [1.82, 2.24) is 4.90 Å². The van der Waals surface area contributed by atoms with Crippen LogP contribution in [-0.4, -0.2) is 35.6 Å². The van der Waals surface area contributed by atoms with Gasteiger partial charge in [-0.25, -0.2) is 4.79 Å². The normalized spacial score (nSPS) is 16.9. The van der Waals surface area contributed by atoms with E-state index in [0.717, 1.165) is 0 Å². The molecule has 19 heavy (non-hydrogen) atoms. The fourth-order valence-corrected chi connectivity index (χ4v) is 2.70. The SMILES string of the molecule is CCCN1CCC(c2ccc(C(=O)O)cc2)CC1.Cl. The fourth-order valence-electron chi connectivity index (χ4n) is 2.70. The number of likely N-dealkylation sites (tertiary alicyclic amines) is 1. The predicted molar refractivity (Wildman–Crippen MR) is 79.4 cm³/mol. The molecule has 1 aliphatic heterocycles. The number of piperidine rings is 1. The molecule has 0 aliphatic carbocycles. The van der Waals surface area contributed by atoms with Crippen LogP contribution in [0.5, 0.6) is 0 Å². The lowest BCUT2D eigenvalue weighted by atomic mass is 9.89. The minimum Gasteiger partial charge on any atom is -0.478 e. The molecule has 1 aliphatic rings. The average Bonchev–Trinajstić information content (AvgIpc) is 2.40. The van der Waals surface area contributed by atoms with E-state index in [4.69, 9.17) is 5.11 Å². The van der Waals surface area contributed by atoms with Gasteiger partial charge in [0, 0.05) is 0 Å². The lowest BCUT2D eigenvalue weighted by Crippen LogP contribution is -2.33. The molecule has 0 saturated carbocycles. The number of hydrogen-bond acceptors (Lipinski definition) is 2. The molecule has 1 N–H and O–H groups in total. The van der Waals surface area contributed by atoms with Crippen LogP contribution in [0.25, 0.3) is 0 Å². The highest BCUT2D eigenvalue weighted by Gasteiger charge is 2.20. The number of aromatic carboxylic acids is 1. The Hall–Kier alpha value is -1.06. The van der Waals surface area contributed by atoms with Crippen molar-refractivity contribution < 1.29 is 9.90 Å². The highest BCUT2D eigenvalue weighted by atomic mass is 35.5. The van der Waals surface area contributed by atoms with Gasteiger partial charge in [0.2, 0.25) is 0 Å². The third kappa shape index (κ3) is 4.22. The van der Waals surface area contributed by atoms with Gasteiger partial charge in [0.05, 0.1) is 5.56 Å². The van der Waals surface area contributed by atoms with E-state index in [1.807, 2.05) is 12.1 Å². The van der Waals surface area contributed by atoms with Crippen molar-refractivity contribution in [2.24, 2.45) is 0 Å². The summed E-state index contributed by atoms with van der Waals surface area (Å²) in [6.45, 7) is 5.75. The van der Waals surface area contributed by atoms with E-state index in [1.54, 1.807) is 12.1 Å². The number of halogens is 1. The molecule has 0 amide bonds. The zero-order chi connectivity index (χ0) is 13.0. The molecule has 0 unspecified atom stereocenters. The number of nitrogens with zero attached hydrogens (tertiary/aromatic N) is 1. The van der Waals surface area contributed by atoms with E-state index in [-0.39, 0.29) is 12.4 Å². The van der Waals surface area contributed by atoms with Gasteiger partial charge in [0.15, 0.2) is 0 Å². The van der Waals surface area contributed by atoms with E-state index >= 15 is 0 Å². The maximum absolute atomic E-state index is 10.8. The Kier molecular flexibility index (Phi) is 6.32. The van der Waals surface area contributed by atoms with Crippen LogP contribution in [-0.2, 0) is 0 Å². The number of hydrogen-bond donors (Lipinski definition) is 1. The van der Waals surface area contributed by atoms with Gasteiger partial charge in [0.25, 0.3) is 0 Å². The second-order valence-corrected chi connectivity index (χ2v) is 5.04. The zero-order valence-corrected chi connectivity index (χ0v) is 12.2. The molecule has 3 nitrogen and oxygen atoms in total. The third-order valence-corrected chi connectivity index (χ3v) is 3.76. The molecule has 0 bridgehead atoms. The van der Waals surface area contributed by atoms with Crippen molar-refractivity contribution in [2.45, 2.75) is 32.1 Å². The molecule has 1 aromatic rings.